The lowest BCUT2D eigenvalue weighted by Gasteiger charge is -2.29. The van der Waals surface area contributed by atoms with E-state index in [1.54, 1.807) is 7.11 Å². The second kappa shape index (κ2) is 5.00. The maximum atomic E-state index is 8.66. The van der Waals surface area contributed by atoms with Gasteiger partial charge in [-0.1, -0.05) is 6.08 Å². The van der Waals surface area contributed by atoms with Gasteiger partial charge in [0.05, 0.1) is 12.7 Å². The summed E-state index contributed by atoms with van der Waals surface area (Å²) >= 11 is 0. The molecule has 0 amide bonds. The highest BCUT2D eigenvalue weighted by Crippen LogP contribution is 2.12. The van der Waals surface area contributed by atoms with Crippen molar-refractivity contribution in [3.05, 3.63) is 11.6 Å². The molecule has 0 saturated heterocycles. The van der Waals surface area contributed by atoms with Crippen molar-refractivity contribution in [1.29, 1.82) is 5.26 Å². The van der Waals surface area contributed by atoms with Gasteiger partial charge in [0.1, 0.15) is 0 Å². The average Bonchev–Trinajstić information content (AvgIpc) is 2.18. The van der Waals surface area contributed by atoms with E-state index in [2.05, 4.69) is 17.9 Å². The summed E-state index contributed by atoms with van der Waals surface area (Å²) in [6, 6.07) is 2.64. The van der Waals surface area contributed by atoms with Crippen LogP contribution in [-0.2, 0) is 4.74 Å². The molecule has 1 heterocycles. The number of ether oxygens (including phenoxy) is 1. The highest BCUT2D eigenvalue weighted by atomic mass is 16.5. The predicted octanol–water partition coefficient (Wildman–Crippen LogP) is 1.18. The Kier molecular flexibility index (Phi) is 3.94. The Morgan fingerprint density at radius 3 is 3.00 bits per heavy atom. The Balaban J connectivity index is 2.41. The minimum Gasteiger partial charge on any atom is -0.383 e. The monoisotopic (exact) mass is 180 g/mol. The summed E-state index contributed by atoms with van der Waals surface area (Å²) in [5.41, 5.74) is 0.917. The van der Waals surface area contributed by atoms with Crippen LogP contribution in [0.2, 0.25) is 0 Å². The van der Waals surface area contributed by atoms with Gasteiger partial charge in [-0.3, -0.25) is 4.90 Å². The van der Waals surface area contributed by atoms with E-state index in [4.69, 9.17) is 10.00 Å². The number of rotatable bonds is 3. The van der Waals surface area contributed by atoms with Gasteiger partial charge in [-0.05, 0) is 13.3 Å². The van der Waals surface area contributed by atoms with Crippen LogP contribution in [0.1, 0.15) is 13.3 Å². The number of hydrogen-bond acceptors (Lipinski definition) is 3. The zero-order valence-electron chi connectivity index (χ0n) is 8.29. The summed E-state index contributed by atoms with van der Waals surface area (Å²) in [6.07, 6.45) is 2.89. The smallest absolute Gasteiger partial charge is 0.0944 e. The third-order valence-corrected chi connectivity index (χ3v) is 2.42. The van der Waals surface area contributed by atoms with Crippen LogP contribution in [-0.4, -0.2) is 37.7 Å². The van der Waals surface area contributed by atoms with Gasteiger partial charge in [-0.15, -0.1) is 0 Å². The van der Waals surface area contributed by atoms with Gasteiger partial charge in [0.25, 0.3) is 0 Å². The van der Waals surface area contributed by atoms with Crippen LogP contribution in [0.3, 0.4) is 0 Å². The van der Waals surface area contributed by atoms with Gasteiger partial charge in [-0.25, -0.2) is 0 Å². The minimum atomic E-state index is 0.446. The molecule has 0 aromatic carbocycles. The fourth-order valence-electron chi connectivity index (χ4n) is 1.53. The van der Waals surface area contributed by atoms with E-state index >= 15 is 0 Å². The van der Waals surface area contributed by atoms with Crippen LogP contribution >= 0.6 is 0 Å². The molecule has 0 bridgehead atoms. The summed E-state index contributed by atoms with van der Waals surface area (Å²) in [6.45, 7) is 4.77. The van der Waals surface area contributed by atoms with Crippen molar-refractivity contribution in [3.8, 4) is 6.07 Å². The SMILES string of the molecule is COCC(C)N1CC=C(C#N)CC1. The largest absolute Gasteiger partial charge is 0.383 e. The van der Waals surface area contributed by atoms with Crippen molar-refractivity contribution >= 4 is 0 Å². The Hall–Kier alpha value is -0.850. The standard InChI is InChI=1S/C10H16N2O/c1-9(8-13-2)12-5-3-10(7-11)4-6-12/h3,9H,4-6,8H2,1-2H3. The number of hydrogen-bond donors (Lipinski definition) is 0. The summed E-state index contributed by atoms with van der Waals surface area (Å²) in [4.78, 5) is 2.32. The van der Waals surface area contributed by atoms with Crippen LogP contribution in [0.15, 0.2) is 11.6 Å². The van der Waals surface area contributed by atoms with Crippen molar-refractivity contribution in [1.82, 2.24) is 4.90 Å². The fourth-order valence-corrected chi connectivity index (χ4v) is 1.53. The molecule has 1 aliphatic heterocycles. The Morgan fingerprint density at radius 2 is 2.54 bits per heavy atom. The molecule has 0 aliphatic carbocycles. The fraction of sp³-hybridized carbons (Fsp3) is 0.700. The highest BCUT2D eigenvalue weighted by Gasteiger charge is 2.16. The first kappa shape index (κ1) is 10.2. The highest BCUT2D eigenvalue weighted by molar-refractivity contribution is 5.23. The van der Waals surface area contributed by atoms with Crippen LogP contribution < -0.4 is 0 Å². The van der Waals surface area contributed by atoms with Gasteiger partial charge in [0.2, 0.25) is 0 Å². The number of nitriles is 1. The van der Waals surface area contributed by atoms with Crippen molar-refractivity contribution in [2.24, 2.45) is 0 Å². The molecular formula is C10H16N2O. The van der Waals surface area contributed by atoms with Crippen molar-refractivity contribution in [2.45, 2.75) is 19.4 Å². The molecule has 0 spiro atoms. The van der Waals surface area contributed by atoms with Gasteiger partial charge in [0.15, 0.2) is 0 Å². The Labute approximate surface area is 79.6 Å². The summed E-state index contributed by atoms with van der Waals surface area (Å²) in [7, 11) is 1.72. The van der Waals surface area contributed by atoms with Crippen LogP contribution in [0, 0.1) is 11.3 Å². The van der Waals surface area contributed by atoms with E-state index < -0.39 is 0 Å². The third-order valence-electron chi connectivity index (χ3n) is 2.42. The van der Waals surface area contributed by atoms with Gasteiger partial charge in [0, 0.05) is 31.8 Å². The summed E-state index contributed by atoms with van der Waals surface area (Å²) < 4.78 is 5.08. The molecule has 0 saturated carbocycles. The molecule has 0 aromatic rings. The lowest BCUT2D eigenvalue weighted by atomic mass is 10.1. The van der Waals surface area contributed by atoms with Gasteiger partial charge < -0.3 is 4.74 Å². The number of nitrogens with zero attached hydrogens (tertiary/aromatic N) is 2. The Morgan fingerprint density at radius 1 is 1.77 bits per heavy atom. The quantitative estimate of drug-likeness (QED) is 0.654. The number of methoxy groups -OCH3 is 1. The Bertz CT molecular complexity index is 230. The van der Waals surface area contributed by atoms with E-state index in [0.717, 1.165) is 31.7 Å². The molecule has 13 heavy (non-hydrogen) atoms. The van der Waals surface area contributed by atoms with Crippen LogP contribution in [0.4, 0.5) is 0 Å². The van der Waals surface area contributed by atoms with E-state index in [1.807, 2.05) is 6.08 Å². The molecule has 72 valence electrons. The molecule has 3 nitrogen and oxygen atoms in total. The van der Waals surface area contributed by atoms with E-state index in [0.29, 0.717) is 6.04 Å². The van der Waals surface area contributed by atoms with Crippen molar-refractivity contribution in [2.75, 3.05) is 26.8 Å². The molecule has 0 aromatic heterocycles. The maximum absolute atomic E-state index is 8.66. The molecule has 0 N–H and O–H groups in total. The summed E-state index contributed by atoms with van der Waals surface area (Å²) in [5.74, 6) is 0. The molecule has 1 unspecified atom stereocenters. The van der Waals surface area contributed by atoms with Crippen molar-refractivity contribution < 1.29 is 4.74 Å². The molecular weight excluding hydrogens is 164 g/mol. The minimum absolute atomic E-state index is 0.446. The normalized spacial score (nSPS) is 20.5. The zero-order valence-corrected chi connectivity index (χ0v) is 8.29. The lowest BCUT2D eigenvalue weighted by molar-refractivity contribution is 0.105. The van der Waals surface area contributed by atoms with Gasteiger partial charge >= 0.3 is 0 Å². The van der Waals surface area contributed by atoms with Gasteiger partial charge in [-0.2, -0.15) is 5.26 Å². The first-order chi connectivity index (χ1) is 6.27. The first-order valence-electron chi connectivity index (χ1n) is 4.60. The average molecular weight is 180 g/mol. The van der Waals surface area contributed by atoms with E-state index in [1.165, 1.54) is 0 Å². The lowest BCUT2D eigenvalue weighted by Crippen LogP contribution is -2.39. The van der Waals surface area contributed by atoms with E-state index in [9.17, 15) is 0 Å². The molecule has 1 atom stereocenters. The topological polar surface area (TPSA) is 36.3 Å². The second-order valence-corrected chi connectivity index (χ2v) is 3.39. The molecule has 0 radical (unpaired) electrons. The first-order valence-corrected chi connectivity index (χ1v) is 4.60. The molecule has 3 heteroatoms. The van der Waals surface area contributed by atoms with Crippen molar-refractivity contribution in [3.63, 3.8) is 0 Å². The zero-order chi connectivity index (χ0) is 9.68. The maximum Gasteiger partial charge on any atom is 0.0944 e. The summed E-state index contributed by atoms with van der Waals surface area (Å²) in [5, 5.41) is 8.66. The molecule has 1 aliphatic rings. The molecule has 0 fully saturated rings. The third kappa shape index (κ3) is 2.83. The van der Waals surface area contributed by atoms with E-state index in [-0.39, 0.29) is 0 Å². The molecule has 1 rings (SSSR count). The van der Waals surface area contributed by atoms with Crippen LogP contribution in [0.25, 0.3) is 0 Å². The predicted molar refractivity (Wildman–Crippen MR) is 51.2 cm³/mol. The second-order valence-electron chi connectivity index (χ2n) is 3.39. The van der Waals surface area contributed by atoms with Crippen LogP contribution in [0.5, 0.6) is 0 Å².